The van der Waals surface area contributed by atoms with Crippen LogP contribution in [0.4, 0.5) is 0 Å². The second-order valence-corrected chi connectivity index (χ2v) is 9.98. The molecule has 1 saturated heterocycles. The zero-order valence-electron chi connectivity index (χ0n) is 19.6. The molecule has 0 N–H and O–H groups in total. The normalized spacial score (nSPS) is 20.8. The van der Waals surface area contributed by atoms with Gasteiger partial charge in [0.25, 0.3) is 11.8 Å². The van der Waals surface area contributed by atoms with Crippen LogP contribution < -0.4 is 0 Å². The Morgan fingerprint density at radius 1 is 0.788 bits per heavy atom. The zero-order valence-corrected chi connectivity index (χ0v) is 19.6. The van der Waals surface area contributed by atoms with Crippen LogP contribution in [0.1, 0.15) is 61.6 Å². The molecule has 2 fully saturated rings. The molecule has 172 valence electrons. The highest BCUT2D eigenvalue weighted by molar-refractivity contribution is 6.35. The van der Waals surface area contributed by atoms with Gasteiger partial charge in [-0.05, 0) is 56.1 Å². The van der Waals surface area contributed by atoms with E-state index in [1.165, 1.54) is 12.0 Å². The van der Waals surface area contributed by atoms with E-state index in [4.69, 9.17) is 0 Å². The summed E-state index contributed by atoms with van der Waals surface area (Å²) in [7, 11) is 0. The molecule has 5 rings (SSSR count). The van der Waals surface area contributed by atoms with Crippen molar-refractivity contribution < 1.29 is 9.59 Å². The van der Waals surface area contributed by atoms with Crippen molar-refractivity contribution in [3.8, 4) is 0 Å². The smallest absolute Gasteiger partial charge is 0.278 e. The fourth-order valence-corrected chi connectivity index (χ4v) is 5.79. The van der Waals surface area contributed by atoms with Crippen molar-refractivity contribution in [2.45, 2.75) is 64.3 Å². The van der Waals surface area contributed by atoms with Crippen LogP contribution in [0.3, 0.4) is 0 Å². The van der Waals surface area contributed by atoms with E-state index in [2.05, 4.69) is 35.2 Å². The van der Waals surface area contributed by atoms with Gasteiger partial charge in [0.2, 0.25) is 0 Å². The van der Waals surface area contributed by atoms with Gasteiger partial charge in [-0.1, -0.05) is 79.4 Å². The molecular formula is C29H34N2O2. The van der Waals surface area contributed by atoms with Crippen LogP contribution in [0.15, 0.2) is 60.3 Å². The summed E-state index contributed by atoms with van der Waals surface area (Å²) in [6, 6.07) is 18.8. The number of nitrogens with zero attached hydrogens (tertiary/aromatic N) is 2. The summed E-state index contributed by atoms with van der Waals surface area (Å²) in [5, 5.41) is 0. The lowest BCUT2D eigenvalue weighted by molar-refractivity contribution is -0.141. The van der Waals surface area contributed by atoms with Gasteiger partial charge in [0.15, 0.2) is 0 Å². The molecule has 2 heterocycles. The number of rotatable bonds is 5. The maximum Gasteiger partial charge on any atom is 0.278 e. The van der Waals surface area contributed by atoms with Crippen molar-refractivity contribution in [1.82, 2.24) is 9.80 Å². The topological polar surface area (TPSA) is 40.6 Å². The monoisotopic (exact) mass is 442 g/mol. The summed E-state index contributed by atoms with van der Waals surface area (Å²) in [5.74, 6) is 0.467. The lowest BCUT2D eigenvalue weighted by atomic mass is 9.89. The molecule has 0 aromatic heterocycles. The summed E-state index contributed by atoms with van der Waals surface area (Å²) in [5.41, 5.74) is 4.67. The first-order chi connectivity index (χ1) is 16.1. The van der Waals surface area contributed by atoms with Crippen molar-refractivity contribution in [1.29, 1.82) is 0 Å². The molecule has 2 aromatic rings. The van der Waals surface area contributed by atoms with Gasteiger partial charge in [-0.3, -0.25) is 14.5 Å². The first kappa shape index (κ1) is 21.9. The fraction of sp³-hybridized carbons (Fsp3) is 0.448. The quantitative estimate of drug-likeness (QED) is 0.585. The largest absolute Gasteiger partial charge is 0.366 e. The van der Waals surface area contributed by atoms with Gasteiger partial charge >= 0.3 is 0 Å². The number of carbonyl (C=O) groups excluding carboxylic acids is 2. The molecule has 33 heavy (non-hydrogen) atoms. The van der Waals surface area contributed by atoms with E-state index in [0.29, 0.717) is 17.2 Å². The van der Waals surface area contributed by atoms with E-state index in [1.807, 2.05) is 31.2 Å². The molecule has 1 aliphatic carbocycles. The van der Waals surface area contributed by atoms with E-state index >= 15 is 0 Å². The summed E-state index contributed by atoms with van der Waals surface area (Å²) < 4.78 is 0. The lowest BCUT2D eigenvalue weighted by Crippen LogP contribution is -2.44. The second kappa shape index (κ2) is 9.54. The number of likely N-dealkylation sites (tertiary alicyclic amines) is 1. The molecular weight excluding hydrogens is 408 g/mol. The van der Waals surface area contributed by atoms with E-state index in [0.717, 1.165) is 69.2 Å². The van der Waals surface area contributed by atoms with E-state index < -0.39 is 0 Å². The second-order valence-electron chi connectivity index (χ2n) is 9.98. The van der Waals surface area contributed by atoms with Gasteiger partial charge in [0, 0.05) is 19.1 Å². The predicted molar refractivity (Wildman–Crippen MR) is 131 cm³/mol. The van der Waals surface area contributed by atoms with Gasteiger partial charge in [0.05, 0.1) is 5.57 Å². The van der Waals surface area contributed by atoms with Crippen LogP contribution in [-0.4, -0.2) is 40.7 Å². The first-order valence-corrected chi connectivity index (χ1v) is 12.6. The van der Waals surface area contributed by atoms with E-state index in [-0.39, 0.29) is 17.9 Å². The highest BCUT2D eigenvalue weighted by Gasteiger charge is 2.45. The molecule has 4 nitrogen and oxygen atoms in total. The van der Waals surface area contributed by atoms with Crippen molar-refractivity contribution >= 4 is 17.4 Å². The molecule has 2 aromatic carbocycles. The lowest BCUT2D eigenvalue weighted by Gasteiger charge is -2.35. The third kappa shape index (κ3) is 4.48. The third-order valence-electron chi connectivity index (χ3n) is 7.67. The molecule has 0 radical (unpaired) electrons. The summed E-state index contributed by atoms with van der Waals surface area (Å²) >= 11 is 0. The average Bonchev–Trinajstić information content (AvgIpc) is 3.11. The minimum atomic E-state index is -0.0860. The Morgan fingerprint density at radius 3 is 2.12 bits per heavy atom. The Hall–Kier alpha value is -2.88. The average molecular weight is 443 g/mol. The van der Waals surface area contributed by atoms with Crippen LogP contribution in [-0.2, 0) is 16.0 Å². The molecule has 2 amide bonds. The summed E-state index contributed by atoms with van der Waals surface area (Å²) in [4.78, 5) is 31.2. The molecule has 0 unspecified atom stereocenters. The summed E-state index contributed by atoms with van der Waals surface area (Å²) in [6.07, 6.45) is 8.45. The van der Waals surface area contributed by atoms with Crippen molar-refractivity contribution in [2.24, 2.45) is 5.92 Å². The number of imide groups is 1. The van der Waals surface area contributed by atoms with Gasteiger partial charge in [-0.2, -0.15) is 0 Å². The van der Waals surface area contributed by atoms with Crippen LogP contribution in [0, 0.1) is 12.8 Å². The van der Waals surface area contributed by atoms with Crippen LogP contribution in [0.25, 0.3) is 5.57 Å². The standard InChI is InChI=1S/C29H34N2O2/c1-21-12-14-24(15-13-21)26-27(29(33)31(28(26)32)25-10-6-3-7-11-25)30-18-16-23(17-19-30)20-22-8-4-2-5-9-22/h2,4-5,8-9,12-15,23,25H,3,6-7,10-11,16-20H2,1H3. The minimum absolute atomic E-state index is 0.0484. The Kier molecular flexibility index (Phi) is 6.34. The Balaban J connectivity index is 1.40. The maximum absolute atomic E-state index is 13.7. The molecule has 2 aliphatic heterocycles. The predicted octanol–water partition coefficient (Wildman–Crippen LogP) is 5.36. The zero-order chi connectivity index (χ0) is 22.8. The van der Waals surface area contributed by atoms with Crippen molar-refractivity contribution in [3.05, 3.63) is 77.0 Å². The third-order valence-corrected chi connectivity index (χ3v) is 7.67. The van der Waals surface area contributed by atoms with Crippen LogP contribution in [0.2, 0.25) is 0 Å². The highest BCUT2D eigenvalue weighted by atomic mass is 16.2. The minimum Gasteiger partial charge on any atom is -0.366 e. The van der Waals surface area contributed by atoms with Gasteiger partial charge in [-0.15, -0.1) is 0 Å². The van der Waals surface area contributed by atoms with Crippen LogP contribution >= 0.6 is 0 Å². The number of hydrogen-bond donors (Lipinski definition) is 0. The van der Waals surface area contributed by atoms with Gasteiger partial charge < -0.3 is 4.90 Å². The van der Waals surface area contributed by atoms with Gasteiger partial charge in [-0.25, -0.2) is 0 Å². The molecule has 0 bridgehead atoms. The molecule has 0 atom stereocenters. The SMILES string of the molecule is Cc1ccc(C2=C(N3CCC(Cc4ccccc4)CC3)C(=O)N(C3CCCCC3)C2=O)cc1. The number of piperidine rings is 1. The van der Waals surface area contributed by atoms with E-state index in [9.17, 15) is 9.59 Å². The molecule has 3 aliphatic rings. The maximum atomic E-state index is 13.7. The van der Waals surface area contributed by atoms with Gasteiger partial charge in [0.1, 0.15) is 5.70 Å². The molecule has 0 spiro atoms. The summed E-state index contributed by atoms with van der Waals surface area (Å²) in [6.45, 7) is 3.71. The molecule has 4 heteroatoms. The van der Waals surface area contributed by atoms with E-state index in [1.54, 1.807) is 4.90 Å². The number of benzene rings is 2. The first-order valence-electron chi connectivity index (χ1n) is 12.6. The highest BCUT2D eigenvalue weighted by Crippen LogP contribution is 2.37. The number of carbonyl (C=O) groups is 2. The Labute approximate surface area is 197 Å². The van der Waals surface area contributed by atoms with Crippen LogP contribution in [0.5, 0.6) is 0 Å². The molecule has 1 saturated carbocycles. The number of hydrogen-bond acceptors (Lipinski definition) is 3. The number of amides is 2. The van der Waals surface area contributed by atoms with Crippen molar-refractivity contribution in [3.63, 3.8) is 0 Å². The van der Waals surface area contributed by atoms with Crippen molar-refractivity contribution in [2.75, 3.05) is 13.1 Å². The Bertz CT molecular complexity index is 1030. The fourth-order valence-electron chi connectivity index (χ4n) is 5.79. The Morgan fingerprint density at radius 2 is 1.45 bits per heavy atom. The number of aryl methyl sites for hydroxylation is 1.